The van der Waals surface area contributed by atoms with E-state index in [0.717, 1.165) is 0 Å². The first-order valence-electron chi connectivity index (χ1n) is 10.7. The van der Waals surface area contributed by atoms with E-state index in [1.54, 1.807) is 32.4 Å². The predicted octanol–water partition coefficient (Wildman–Crippen LogP) is 4.19. The molecule has 0 aliphatic heterocycles. The summed E-state index contributed by atoms with van der Waals surface area (Å²) in [6.07, 6.45) is 1.97. The number of hydrogen-bond acceptors (Lipinski definition) is 6. The Morgan fingerprint density at radius 3 is 2.74 bits per heavy atom. The fourth-order valence-corrected chi connectivity index (χ4v) is 4.05. The molecule has 1 amide bonds. The van der Waals surface area contributed by atoms with E-state index >= 15 is 0 Å². The van der Waals surface area contributed by atoms with E-state index in [4.69, 9.17) is 14.2 Å². The normalized spacial score (nSPS) is 18.9. The number of halogens is 2. The molecular formula is C25H25F2N3O4. The van der Waals surface area contributed by atoms with E-state index in [2.05, 4.69) is 15.3 Å². The van der Waals surface area contributed by atoms with Crippen molar-refractivity contribution in [3.05, 3.63) is 77.4 Å². The zero-order chi connectivity index (χ0) is 24.3. The van der Waals surface area contributed by atoms with Gasteiger partial charge in [-0.25, -0.2) is 18.7 Å². The number of nitrogens with zero attached hydrogens (tertiary/aromatic N) is 2. The maximum Gasteiger partial charge on any atom is 0.228 e. The number of ether oxygens (including phenoxy) is 3. The van der Waals surface area contributed by atoms with Crippen molar-refractivity contribution >= 4 is 11.6 Å². The molecule has 4 rings (SSSR count). The number of nitrogens with one attached hydrogen (secondary N) is 1. The van der Waals surface area contributed by atoms with Crippen molar-refractivity contribution in [1.29, 1.82) is 0 Å². The molecule has 1 aliphatic carbocycles. The Hall–Kier alpha value is -3.59. The molecule has 178 valence electrons. The lowest BCUT2D eigenvalue weighted by molar-refractivity contribution is -0.117. The van der Waals surface area contributed by atoms with Crippen molar-refractivity contribution in [3.8, 4) is 11.5 Å². The quantitative estimate of drug-likeness (QED) is 0.506. The molecule has 0 radical (unpaired) electrons. The van der Waals surface area contributed by atoms with E-state index < -0.39 is 23.0 Å². The summed E-state index contributed by atoms with van der Waals surface area (Å²) in [7, 11) is 3.00. The Morgan fingerprint density at radius 2 is 2.00 bits per heavy atom. The fraction of sp³-hybridized carbons (Fsp3) is 0.320. The van der Waals surface area contributed by atoms with Gasteiger partial charge in [0.15, 0.2) is 5.75 Å². The predicted molar refractivity (Wildman–Crippen MR) is 121 cm³/mol. The van der Waals surface area contributed by atoms with E-state index in [1.165, 1.54) is 37.4 Å². The molecule has 1 N–H and O–H groups in total. The van der Waals surface area contributed by atoms with Crippen LogP contribution in [0.4, 0.5) is 14.5 Å². The minimum absolute atomic E-state index is 0.0734. The number of methoxy groups -OCH3 is 2. The molecule has 1 fully saturated rings. The molecular weight excluding hydrogens is 444 g/mol. The molecule has 0 spiro atoms. The highest BCUT2D eigenvalue weighted by atomic mass is 19.1. The maximum atomic E-state index is 14.4. The van der Waals surface area contributed by atoms with Crippen molar-refractivity contribution in [2.45, 2.75) is 25.4 Å². The van der Waals surface area contributed by atoms with Crippen LogP contribution in [0.25, 0.3) is 0 Å². The second kappa shape index (κ2) is 9.72. The van der Waals surface area contributed by atoms with Gasteiger partial charge in [-0.1, -0.05) is 6.07 Å². The third-order valence-corrected chi connectivity index (χ3v) is 5.88. The molecule has 1 heterocycles. The average Bonchev–Trinajstić information content (AvgIpc) is 3.54. The van der Waals surface area contributed by atoms with Crippen LogP contribution in [-0.2, 0) is 21.6 Å². The largest absolute Gasteiger partial charge is 0.497 e. The van der Waals surface area contributed by atoms with Crippen LogP contribution in [-0.4, -0.2) is 36.7 Å². The number of rotatable bonds is 9. The van der Waals surface area contributed by atoms with Gasteiger partial charge in [-0.05, 0) is 49.2 Å². The van der Waals surface area contributed by atoms with Gasteiger partial charge in [-0.2, -0.15) is 0 Å². The van der Waals surface area contributed by atoms with Crippen LogP contribution in [0.15, 0.2) is 48.7 Å². The van der Waals surface area contributed by atoms with Crippen molar-refractivity contribution in [3.63, 3.8) is 0 Å². The first kappa shape index (κ1) is 23.6. The van der Waals surface area contributed by atoms with Crippen LogP contribution in [0.5, 0.6) is 11.5 Å². The summed E-state index contributed by atoms with van der Waals surface area (Å²) in [5, 5.41) is 2.75. The zero-order valence-corrected chi connectivity index (χ0v) is 19.1. The number of carbonyl (C=O) groups excluding carboxylic acids is 1. The van der Waals surface area contributed by atoms with Crippen LogP contribution >= 0.6 is 0 Å². The van der Waals surface area contributed by atoms with E-state index in [-0.39, 0.29) is 19.1 Å². The van der Waals surface area contributed by atoms with Crippen molar-refractivity contribution in [2.75, 3.05) is 26.1 Å². The average molecular weight is 469 g/mol. The van der Waals surface area contributed by atoms with Crippen LogP contribution in [0.2, 0.25) is 0 Å². The number of anilines is 1. The molecule has 9 heteroatoms. The molecule has 0 bridgehead atoms. The Labute approximate surface area is 196 Å². The maximum absolute atomic E-state index is 14.4. The van der Waals surface area contributed by atoms with Gasteiger partial charge in [0.25, 0.3) is 0 Å². The Balaban J connectivity index is 1.62. The van der Waals surface area contributed by atoms with Gasteiger partial charge in [0.2, 0.25) is 5.91 Å². The molecule has 0 unspecified atom stereocenters. The zero-order valence-electron chi connectivity index (χ0n) is 19.1. The van der Waals surface area contributed by atoms with Crippen LogP contribution in [0.3, 0.4) is 0 Å². The highest BCUT2D eigenvalue weighted by Gasteiger charge is 2.60. The lowest BCUT2D eigenvalue weighted by Gasteiger charge is -2.21. The number of amides is 1. The van der Waals surface area contributed by atoms with Crippen molar-refractivity contribution in [1.82, 2.24) is 9.97 Å². The third kappa shape index (κ3) is 4.99. The molecule has 1 saturated carbocycles. The number of aromatic nitrogens is 2. The topological polar surface area (TPSA) is 82.6 Å². The monoisotopic (exact) mass is 469 g/mol. The van der Waals surface area contributed by atoms with Crippen LogP contribution < -0.4 is 14.8 Å². The van der Waals surface area contributed by atoms with Gasteiger partial charge < -0.3 is 19.5 Å². The van der Waals surface area contributed by atoms with E-state index in [9.17, 15) is 13.6 Å². The SMILES string of the molecule is COCc1nc(C)ncc1OC[C@@]1(c2cc(F)cc(OC)c2)C[C@H]1C(=O)Nc1cccc(F)c1. The lowest BCUT2D eigenvalue weighted by atomic mass is 9.93. The Morgan fingerprint density at radius 1 is 1.18 bits per heavy atom. The second-order valence-electron chi connectivity index (χ2n) is 8.24. The summed E-state index contributed by atoms with van der Waals surface area (Å²) in [4.78, 5) is 21.6. The van der Waals surface area contributed by atoms with Crippen LogP contribution in [0, 0.1) is 24.5 Å². The molecule has 0 saturated heterocycles. The highest BCUT2D eigenvalue weighted by molar-refractivity contribution is 5.96. The molecule has 1 aromatic heterocycles. The molecule has 7 nitrogen and oxygen atoms in total. The minimum Gasteiger partial charge on any atom is -0.497 e. The number of benzene rings is 2. The summed E-state index contributed by atoms with van der Waals surface area (Å²) in [6.45, 7) is 2.06. The first-order chi connectivity index (χ1) is 16.3. The molecule has 2 atom stereocenters. The van der Waals surface area contributed by atoms with Gasteiger partial charge in [0.05, 0.1) is 32.4 Å². The summed E-state index contributed by atoms with van der Waals surface area (Å²) < 4.78 is 44.5. The lowest BCUT2D eigenvalue weighted by Crippen LogP contribution is -2.27. The van der Waals surface area contributed by atoms with E-state index in [1.807, 2.05) is 0 Å². The third-order valence-electron chi connectivity index (χ3n) is 5.88. The molecule has 34 heavy (non-hydrogen) atoms. The van der Waals surface area contributed by atoms with Gasteiger partial charge in [0, 0.05) is 24.3 Å². The molecule has 3 aromatic rings. The van der Waals surface area contributed by atoms with Gasteiger partial charge in [-0.15, -0.1) is 0 Å². The smallest absolute Gasteiger partial charge is 0.228 e. The molecule has 2 aromatic carbocycles. The number of hydrogen-bond donors (Lipinski definition) is 1. The minimum atomic E-state index is -0.817. The number of aryl methyl sites for hydroxylation is 1. The standard InChI is InChI=1S/C25H25F2N3O4/c1-15-28-12-23(22(29-15)13-32-2)34-14-25(16-7-18(27)10-20(8-16)33-3)11-21(25)24(31)30-19-6-4-5-17(26)9-19/h4-10,12,21H,11,13-14H2,1-3H3,(H,30,31)/t21-,25+/m0/s1. The number of carbonyl (C=O) groups is 1. The summed E-state index contributed by atoms with van der Waals surface area (Å²) >= 11 is 0. The summed E-state index contributed by atoms with van der Waals surface area (Å²) in [5.74, 6) is -0.445. The molecule has 1 aliphatic rings. The highest BCUT2D eigenvalue weighted by Crippen LogP contribution is 2.55. The summed E-state index contributed by atoms with van der Waals surface area (Å²) in [5.41, 5.74) is 0.675. The van der Waals surface area contributed by atoms with Crippen molar-refractivity contribution in [2.24, 2.45) is 5.92 Å². The Kier molecular flexibility index (Phi) is 6.74. The van der Waals surface area contributed by atoms with Gasteiger partial charge in [-0.3, -0.25) is 4.79 Å². The van der Waals surface area contributed by atoms with Gasteiger partial charge >= 0.3 is 0 Å². The Bertz CT molecular complexity index is 1210. The van der Waals surface area contributed by atoms with Crippen LogP contribution in [0.1, 0.15) is 23.5 Å². The summed E-state index contributed by atoms with van der Waals surface area (Å²) in [6, 6.07) is 10.0. The first-order valence-corrected chi connectivity index (χ1v) is 10.7. The van der Waals surface area contributed by atoms with Gasteiger partial charge in [0.1, 0.15) is 28.9 Å². The van der Waals surface area contributed by atoms with Crippen molar-refractivity contribution < 1.29 is 27.8 Å². The van der Waals surface area contributed by atoms with E-state index in [0.29, 0.717) is 40.7 Å². The fourth-order valence-electron chi connectivity index (χ4n) is 4.05. The second-order valence-corrected chi connectivity index (χ2v) is 8.24.